The molecule has 1 radical (unpaired) electrons. The Morgan fingerprint density at radius 3 is 2.44 bits per heavy atom. The number of nitrogens with zero attached hydrogens (tertiary/aromatic N) is 2. The molecule has 0 fully saturated rings. The molecule has 3 rings (SSSR count). The Morgan fingerprint density at radius 1 is 1.04 bits per heavy atom. The highest BCUT2D eigenvalue weighted by Crippen LogP contribution is 2.27. The summed E-state index contributed by atoms with van der Waals surface area (Å²) >= 11 is 0. The van der Waals surface area contributed by atoms with Crippen LogP contribution in [0.15, 0.2) is 52.9 Å². The molecule has 0 aliphatic rings. The van der Waals surface area contributed by atoms with E-state index < -0.39 is 6.36 Å². The fourth-order valence-corrected chi connectivity index (χ4v) is 2.32. The molecule has 0 atom stereocenters. The molecule has 0 N–H and O–H groups in total. The van der Waals surface area contributed by atoms with E-state index in [-0.39, 0.29) is 5.75 Å². The van der Waals surface area contributed by atoms with Crippen molar-refractivity contribution in [1.29, 1.82) is 0 Å². The summed E-state index contributed by atoms with van der Waals surface area (Å²) in [7, 11) is 0. The third kappa shape index (κ3) is 4.82. The van der Waals surface area contributed by atoms with E-state index in [4.69, 9.17) is 4.42 Å². The first-order valence-corrected chi connectivity index (χ1v) is 7.47. The number of hydrogen-bond donors (Lipinski definition) is 0. The molecule has 7 heteroatoms. The molecule has 129 valence electrons. The van der Waals surface area contributed by atoms with Crippen molar-refractivity contribution >= 4 is 0 Å². The van der Waals surface area contributed by atoms with Crippen molar-refractivity contribution in [3.05, 3.63) is 72.3 Å². The van der Waals surface area contributed by atoms with Crippen LogP contribution in [0.1, 0.15) is 17.3 Å². The van der Waals surface area contributed by atoms with Crippen molar-refractivity contribution in [2.24, 2.45) is 0 Å². The first-order chi connectivity index (χ1) is 11.9. The number of benzene rings is 2. The molecule has 25 heavy (non-hydrogen) atoms. The molecule has 0 saturated heterocycles. The molecule has 2 aromatic carbocycles. The van der Waals surface area contributed by atoms with Gasteiger partial charge >= 0.3 is 6.36 Å². The molecule has 4 nitrogen and oxygen atoms in total. The maximum atomic E-state index is 12.2. The quantitative estimate of drug-likeness (QED) is 0.669. The molecular weight excluding hydrogens is 333 g/mol. The Labute approximate surface area is 142 Å². The van der Waals surface area contributed by atoms with Gasteiger partial charge in [-0.15, -0.1) is 23.4 Å². The van der Waals surface area contributed by atoms with E-state index in [2.05, 4.69) is 14.9 Å². The normalized spacial score (nSPS) is 11.5. The largest absolute Gasteiger partial charge is 0.573 e. The van der Waals surface area contributed by atoms with Gasteiger partial charge in [-0.05, 0) is 35.2 Å². The van der Waals surface area contributed by atoms with Crippen molar-refractivity contribution in [3.63, 3.8) is 0 Å². The molecule has 1 aromatic heterocycles. The standard InChI is InChI=1S/C18H14F3N2O2/c1-12-22-23-17(24-12)10-5-13-3-2-4-15(11-13)14-6-8-16(9-7-14)25-18(19,20)21/h2-9,11H,10H2,1H3. The van der Waals surface area contributed by atoms with Crippen molar-refractivity contribution in [2.45, 2.75) is 19.7 Å². The fourth-order valence-electron chi connectivity index (χ4n) is 2.32. The zero-order valence-corrected chi connectivity index (χ0v) is 13.2. The lowest BCUT2D eigenvalue weighted by atomic mass is 10.0. The van der Waals surface area contributed by atoms with E-state index in [0.717, 1.165) is 16.7 Å². The Balaban J connectivity index is 1.70. The number of rotatable bonds is 5. The minimum atomic E-state index is -4.69. The highest BCUT2D eigenvalue weighted by molar-refractivity contribution is 5.65. The maximum Gasteiger partial charge on any atom is 0.573 e. The summed E-state index contributed by atoms with van der Waals surface area (Å²) < 4.78 is 45.8. The first kappa shape index (κ1) is 17.0. The molecular formula is C18H14F3N2O2. The van der Waals surface area contributed by atoms with Crippen LogP contribution in [0.25, 0.3) is 11.1 Å². The van der Waals surface area contributed by atoms with Crippen molar-refractivity contribution in [1.82, 2.24) is 10.2 Å². The fraction of sp³-hybridized carbons (Fsp3) is 0.167. The van der Waals surface area contributed by atoms with Crippen LogP contribution in [0.4, 0.5) is 13.2 Å². The number of halogens is 3. The number of hydrogen-bond acceptors (Lipinski definition) is 4. The molecule has 0 spiro atoms. The average Bonchev–Trinajstić information content (AvgIpc) is 2.98. The summed E-state index contributed by atoms with van der Waals surface area (Å²) in [6, 6.07) is 13.4. The number of ether oxygens (including phenoxy) is 1. The minimum Gasteiger partial charge on any atom is -0.426 e. The van der Waals surface area contributed by atoms with Crippen LogP contribution in [0.2, 0.25) is 0 Å². The van der Waals surface area contributed by atoms with Crippen molar-refractivity contribution in [2.75, 3.05) is 0 Å². The van der Waals surface area contributed by atoms with E-state index in [1.807, 2.05) is 30.7 Å². The third-order valence-corrected chi connectivity index (χ3v) is 3.39. The molecule has 0 bridgehead atoms. The average molecular weight is 347 g/mol. The van der Waals surface area contributed by atoms with Gasteiger partial charge in [-0.2, -0.15) is 0 Å². The summed E-state index contributed by atoms with van der Waals surface area (Å²) in [5, 5.41) is 7.70. The second kappa shape index (κ2) is 6.96. The maximum absolute atomic E-state index is 12.2. The van der Waals surface area contributed by atoms with E-state index in [0.29, 0.717) is 18.2 Å². The van der Waals surface area contributed by atoms with Gasteiger partial charge in [-0.1, -0.05) is 36.4 Å². The van der Waals surface area contributed by atoms with Crippen LogP contribution in [-0.2, 0) is 6.42 Å². The topological polar surface area (TPSA) is 48.2 Å². The van der Waals surface area contributed by atoms with E-state index in [1.54, 1.807) is 19.1 Å². The van der Waals surface area contributed by atoms with Gasteiger partial charge in [-0.25, -0.2) is 0 Å². The second-order valence-electron chi connectivity index (χ2n) is 5.32. The summed E-state index contributed by atoms with van der Waals surface area (Å²) in [5.74, 6) is 0.792. The summed E-state index contributed by atoms with van der Waals surface area (Å²) in [6.45, 7) is 1.73. The molecule has 0 aliphatic heterocycles. The Bertz CT molecular complexity index is 842. The molecule has 0 amide bonds. The third-order valence-electron chi connectivity index (χ3n) is 3.39. The summed E-state index contributed by atoms with van der Waals surface area (Å²) in [5.41, 5.74) is 2.62. The highest BCUT2D eigenvalue weighted by atomic mass is 19.4. The van der Waals surface area contributed by atoms with Gasteiger partial charge in [-0.3, -0.25) is 0 Å². The van der Waals surface area contributed by atoms with E-state index >= 15 is 0 Å². The summed E-state index contributed by atoms with van der Waals surface area (Å²) in [6.07, 6.45) is -2.25. The Kier molecular flexibility index (Phi) is 4.74. The van der Waals surface area contributed by atoms with E-state index in [1.165, 1.54) is 12.1 Å². The molecule has 3 aromatic rings. The number of aryl methyl sites for hydroxylation is 1. The van der Waals surface area contributed by atoms with E-state index in [9.17, 15) is 13.2 Å². The van der Waals surface area contributed by atoms with Gasteiger partial charge < -0.3 is 9.15 Å². The van der Waals surface area contributed by atoms with Gasteiger partial charge in [0.2, 0.25) is 11.8 Å². The SMILES string of the molecule is Cc1nnc(C[CH]c2cccc(-c3ccc(OC(F)(F)F)cc3)c2)o1. The van der Waals surface area contributed by atoms with Gasteiger partial charge in [0, 0.05) is 13.3 Å². The van der Waals surface area contributed by atoms with Crippen LogP contribution in [0, 0.1) is 13.3 Å². The van der Waals surface area contributed by atoms with Gasteiger partial charge in [0.05, 0.1) is 0 Å². The highest BCUT2D eigenvalue weighted by Gasteiger charge is 2.30. The number of aromatic nitrogens is 2. The molecule has 1 heterocycles. The zero-order valence-electron chi connectivity index (χ0n) is 13.2. The predicted octanol–water partition coefficient (Wildman–Crippen LogP) is 4.74. The van der Waals surface area contributed by atoms with Crippen LogP contribution in [0.5, 0.6) is 5.75 Å². The van der Waals surface area contributed by atoms with Crippen LogP contribution < -0.4 is 4.74 Å². The predicted molar refractivity (Wildman–Crippen MR) is 84.7 cm³/mol. The Hall–Kier alpha value is -2.83. The van der Waals surface area contributed by atoms with Gasteiger partial charge in [0.1, 0.15) is 5.75 Å². The molecule has 0 unspecified atom stereocenters. The zero-order chi connectivity index (χ0) is 17.9. The van der Waals surface area contributed by atoms with Crippen LogP contribution in [0.3, 0.4) is 0 Å². The Morgan fingerprint density at radius 2 is 1.80 bits per heavy atom. The van der Waals surface area contributed by atoms with Crippen molar-refractivity contribution in [3.8, 4) is 16.9 Å². The minimum absolute atomic E-state index is 0.245. The lowest BCUT2D eigenvalue weighted by Crippen LogP contribution is -2.16. The van der Waals surface area contributed by atoms with Gasteiger partial charge in [0.25, 0.3) is 0 Å². The number of alkyl halides is 3. The lowest BCUT2D eigenvalue weighted by molar-refractivity contribution is -0.274. The van der Waals surface area contributed by atoms with Crippen LogP contribution in [-0.4, -0.2) is 16.6 Å². The molecule has 0 aliphatic carbocycles. The van der Waals surface area contributed by atoms with Crippen molar-refractivity contribution < 1.29 is 22.3 Å². The first-order valence-electron chi connectivity index (χ1n) is 7.47. The second-order valence-corrected chi connectivity index (χ2v) is 5.32. The lowest BCUT2D eigenvalue weighted by Gasteiger charge is -2.10. The smallest absolute Gasteiger partial charge is 0.426 e. The summed E-state index contributed by atoms with van der Waals surface area (Å²) in [4.78, 5) is 0. The van der Waals surface area contributed by atoms with Crippen LogP contribution >= 0.6 is 0 Å². The van der Waals surface area contributed by atoms with Gasteiger partial charge in [0.15, 0.2) is 0 Å². The monoisotopic (exact) mass is 347 g/mol. The molecule has 0 saturated carbocycles.